The van der Waals surface area contributed by atoms with E-state index in [0.717, 1.165) is 12.0 Å². The molecule has 2 heterocycles. The quantitative estimate of drug-likeness (QED) is 0.272. The number of aliphatic hydroxyl groups is 1. The Morgan fingerprint density at radius 1 is 1.27 bits per heavy atom. The van der Waals surface area contributed by atoms with Gasteiger partial charge in [-0.15, -0.1) is 11.8 Å². The number of fused-ring (bicyclic) bond motifs is 1. The predicted octanol–water partition coefficient (Wildman–Crippen LogP) is -3.67. The van der Waals surface area contributed by atoms with Crippen molar-refractivity contribution in [1.82, 2.24) is 15.1 Å². The van der Waals surface area contributed by atoms with Crippen molar-refractivity contribution in [2.75, 3.05) is 13.1 Å². The summed E-state index contributed by atoms with van der Waals surface area (Å²) in [4.78, 5) is 52.2. The number of β-lactam (4-membered cyclic amide) rings is 1. The summed E-state index contributed by atoms with van der Waals surface area (Å²) in [5, 5.41) is 24.5. The van der Waals surface area contributed by atoms with Gasteiger partial charge in [0.05, 0.1) is 23.9 Å². The average Bonchev–Trinajstić information content (AvgIpc) is 2.99. The Hall–Kier alpha value is -1.59. The van der Waals surface area contributed by atoms with Gasteiger partial charge in [-0.25, -0.2) is 0 Å². The maximum absolute atomic E-state index is 13.2. The predicted molar refractivity (Wildman–Crippen MR) is 116 cm³/mol. The fourth-order valence-electron chi connectivity index (χ4n) is 4.16. The number of carbonyl (C=O) groups excluding carboxylic acids is 4. The minimum atomic E-state index is -1.68. The molecule has 0 saturated carbocycles. The third kappa shape index (κ3) is 5.74. The summed E-state index contributed by atoms with van der Waals surface area (Å²) in [6.45, 7) is 5.57. The molecule has 0 aromatic heterocycles. The standard InChI is InChI=1S/C22H29N3O6S.Na/c1-4-10-23-14(26)12-24(11-13-8-6-5-7-9-13)19(29)16(27)15-18(28)25-17(21(30)31)22(2,3)32-20(15)25;/h5-9,15-17,20,27H,4,10-12H2,1-3H3,(H,23,26)(H,30,31);/q;+1/p-1/t15-,16+,17+,20-;/m1./s1. The van der Waals surface area contributed by atoms with E-state index < -0.39 is 46.0 Å². The molecule has 0 bridgehead atoms. The summed E-state index contributed by atoms with van der Waals surface area (Å²) in [7, 11) is 0. The Morgan fingerprint density at radius 3 is 2.48 bits per heavy atom. The fourth-order valence-corrected chi connectivity index (χ4v) is 5.88. The van der Waals surface area contributed by atoms with Crippen molar-refractivity contribution in [3.63, 3.8) is 0 Å². The number of aliphatic hydroxyl groups excluding tert-OH is 1. The van der Waals surface area contributed by atoms with Gasteiger partial charge in [-0.2, -0.15) is 0 Å². The Balaban J connectivity index is 0.00000385. The fraction of sp³-hybridized carbons (Fsp3) is 0.545. The second-order valence-corrected chi connectivity index (χ2v) is 10.4. The number of carboxylic acid groups (broad SMARTS) is 1. The molecule has 2 N–H and O–H groups in total. The number of hydrogen-bond donors (Lipinski definition) is 2. The zero-order valence-electron chi connectivity index (χ0n) is 19.3. The third-order valence-electron chi connectivity index (χ3n) is 5.73. The molecule has 0 aliphatic carbocycles. The Labute approximate surface area is 219 Å². The van der Waals surface area contributed by atoms with Crippen LogP contribution < -0.4 is 40.0 Å². The molecule has 0 spiro atoms. The van der Waals surface area contributed by atoms with Crippen LogP contribution in [0.3, 0.4) is 0 Å². The molecule has 2 fully saturated rings. The molecule has 174 valence electrons. The van der Waals surface area contributed by atoms with E-state index in [1.807, 2.05) is 13.0 Å². The monoisotopic (exact) mass is 485 g/mol. The van der Waals surface area contributed by atoms with Crippen molar-refractivity contribution in [3.05, 3.63) is 35.9 Å². The maximum Gasteiger partial charge on any atom is 1.00 e. The number of carbonyl (C=O) groups is 4. The van der Waals surface area contributed by atoms with E-state index in [4.69, 9.17) is 0 Å². The number of carboxylic acids is 1. The minimum absolute atomic E-state index is 0. The van der Waals surface area contributed by atoms with E-state index in [2.05, 4.69) is 5.32 Å². The molecule has 0 unspecified atom stereocenters. The van der Waals surface area contributed by atoms with Gasteiger partial charge in [-0.3, -0.25) is 14.4 Å². The summed E-state index contributed by atoms with van der Waals surface area (Å²) >= 11 is 1.23. The third-order valence-corrected chi connectivity index (χ3v) is 7.33. The normalized spacial score (nSPS) is 23.6. The Kier molecular flexibility index (Phi) is 9.41. The SMILES string of the molecule is CCCNC(=O)CN(Cc1ccccc1)C(=O)[C@@H](O)[C@@H]1C(=O)N2[C@@H]1SC(C)(C)[C@@H]2C(=O)[O-].[Na+]. The van der Waals surface area contributed by atoms with E-state index >= 15 is 0 Å². The molecule has 2 aliphatic heterocycles. The van der Waals surface area contributed by atoms with Gasteiger partial charge in [0.25, 0.3) is 5.91 Å². The minimum Gasteiger partial charge on any atom is -0.548 e. The second kappa shape index (κ2) is 11.2. The summed E-state index contributed by atoms with van der Waals surface area (Å²) < 4.78 is -0.819. The zero-order valence-corrected chi connectivity index (χ0v) is 22.1. The van der Waals surface area contributed by atoms with E-state index in [1.165, 1.54) is 21.6 Å². The van der Waals surface area contributed by atoms with Crippen LogP contribution in [0.1, 0.15) is 32.8 Å². The van der Waals surface area contributed by atoms with Crippen molar-refractivity contribution in [2.24, 2.45) is 5.92 Å². The van der Waals surface area contributed by atoms with Crippen LogP contribution in [0.4, 0.5) is 0 Å². The molecule has 11 heteroatoms. The van der Waals surface area contributed by atoms with E-state index in [-0.39, 0.29) is 48.6 Å². The molecule has 2 saturated heterocycles. The molecule has 3 rings (SSSR count). The van der Waals surface area contributed by atoms with Crippen LogP contribution in [0.15, 0.2) is 30.3 Å². The number of nitrogens with one attached hydrogen (secondary N) is 1. The van der Waals surface area contributed by atoms with Gasteiger partial charge in [0.1, 0.15) is 12.0 Å². The van der Waals surface area contributed by atoms with Crippen molar-refractivity contribution in [3.8, 4) is 0 Å². The van der Waals surface area contributed by atoms with Gasteiger partial charge in [-0.1, -0.05) is 37.3 Å². The zero-order chi connectivity index (χ0) is 23.6. The second-order valence-electron chi connectivity index (χ2n) is 8.58. The largest absolute Gasteiger partial charge is 1.00 e. The number of amides is 3. The van der Waals surface area contributed by atoms with Crippen LogP contribution >= 0.6 is 11.8 Å². The molecule has 4 atom stereocenters. The first-order chi connectivity index (χ1) is 15.1. The molecule has 33 heavy (non-hydrogen) atoms. The summed E-state index contributed by atoms with van der Waals surface area (Å²) in [5.74, 6) is -4.14. The summed E-state index contributed by atoms with van der Waals surface area (Å²) in [6, 6.07) is 7.89. The Bertz CT molecular complexity index is 899. The van der Waals surface area contributed by atoms with Crippen molar-refractivity contribution < 1.29 is 58.9 Å². The average molecular weight is 486 g/mol. The first-order valence-corrected chi connectivity index (χ1v) is 11.4. The van der Waals surface area contributed by atoms with Gasteiger partial charge >= 0.3 is 29.6 Å². The molecule has 9 nitrogen and oxygen atoms in total. The molecular formula is C22H28N3NaO6S. The van der Waals surface area contributed by atoms with Crippen molar-refractivity contribution >= 4 is 35.5 Å². The van der Waals surface area contributed by atoms with Crippen molar-refractivity contribution in [1.29, 1.82) is 0 Å². The molecule has 2 aliphatic rings. The first kappa shape index (κ1) is 27.7. The number of thioether (sulfide) groups is 1. The number of aliphatic carboxylic acids is 1. The van der Waals surface area contributed by atoms with Crippen LogP contribution in [0, 0.1) is 5.92 Å². The molecule has 3 amide bonds. The molecule has 1 aromatic rings. The number of benzene rings is 1. The Morgan fingerprint density at radius 2 is 1.91 bits per heavy atom. The smallest absolute Gasteiger partial charge is 0.548 e. The van der Waals surface area contributed by atoms with Gasteiger partial charge in [0.15, 0.2) is 0 Å². The maximum atomic E-state index is 13.2. The summed E-state index contributed by atoms with van der Waals surface area (Å²) in [6.07, 6.45) is -0.947. The van der Waals surface area contributed by atoms with E-state index in [9.17, 15) is 29.4 Å². The van der Waals surface area contributed by atoms with E-state index in [1.54, 1.807) is 38.1 Å². The van der Waals surface area contributed by atoms with Crippen LogP contribution in [-0.4, -0.2) is 74.0 Å². The first-order valence-electron chi connectivity index (χ1n) is 10.6. The van der Waals surface area contributed by atoms with Gasteiger partial charge in [0, 0.05) is 17.8 Å². The van der Waals surface area contributed by atoms with Crippen LogP contribution in [0.25, 0.3) is 0 Å². The van der Waals surface area contributed by atoms with E-state index in [0.29, 0.717) is 6.54 Å². The van der Waals surface area contributed by atoms with Gasteiger partial charge in [0.2, 0.25) is 11.8 Å². The van der Waals surface area contributed by atoms with Crippen LogP contribution in [-0.2, 0) is 25.7 Å². The van der Waals surface area contributed by atoms with Gasteiger partial charge in [-0.05, 0) is 25.8 Å². The molecular weight excluding hydrogens is 457 g/mol. The number of hydrogen-bond acceptors (Lipinski definition) is 7. The molecule has 1 aromatic carbocycles. The summed E-state index contributed by atoms with van der Waals surface area (Å²) in [5.41, 5.74) is 0.770. The topological polar surface area (TPSA) is 130 Å². The van der Waals surface area contributed by atoms with Crippen LogP contribution in [0.2, 0.25) is 0 Å². The van der Waals surface area contributed by atoms with Crippen molar-refractivity contribution in [2.45, 2.75) is 56.0 Å². The number of nitrogens with zero attached hydrogens (tertiary/aromatic N) is 2. The molecule has 0 radical (unpaired) electrons. The van der Waals surface area contributed by atoms with Crippen LogP contribution in [0.5, 0.6) is 0 Å². The number of rotatable bonds is 9. The van der Waals surface area contributed by atoms with Gasteiger partial charge < -0.3 is 30.1 Å².